The van der Waals surface area contributed by atoms with Crippen molar-refractivity contribution in [3.63, 3.8) is 0 Å². The summed E-state index contributed by atoms with van der Waals surface area (Å²) >= 11 is 0. The first-order chi connectivity index (χ1) is 4.85. The Bertz CT molecular complexity index is 129. The zero-order valence-electron chi connectivity index (χ0n) is 6.73. The molecule has 0 aromatic heterocycles. The van der Waals surface area contributed by atoms with Crippen LogP contribution in [0.2, 0.25) is 0 Å². The third-order valence-corrected chi connectivity index (χ3v) is 3.35. The van der Waals surface area contributed by atoms with Crippen LogP contribution in [0, 0.1) is 5.92 Å². The third kappa shape index (κ3) is 0.878. The number of fused-ring (bicyclic) bond motifs is 2. The van der Waals surface area contributed by atoms with Gasteiger partial charge in [0.15, 0.2) is 0 Å². The number of methoxy groups -OCH3 is 1. The minimum Gasteiger partial charge on any atom is -0.378 e. The molecule has 0 aliphatic heterocycles. The molecular formula is C9H16O. The maximum Gasteiger partial charge on any atom is 0.0681 e. The Hall–Kier alpha value is -0.0400. The summed E-state index contributed by atoms with van der Waals surface area (Å²) < 4.78 is 5.57. The van der Waals surface area contributed by atoms with Crippen LogP contribution in [-0.2, 0) is 4.74 Å². The van der Waals surface area contributed by atoms with Gasteiger partial charge in [0.1, 0.15) is 0 Å². The van der Waals surface area contributed by atoms with Crippen LogP contribution in [0.25, 0.3) is 0 Å². The molecule has 10 heavy (non-hydrogen) atoms. The van der Waals surface area contributed by atoms with E-state index in [2.05, 4.69) is 0 Å². The summed E-state index contributed by atoms with van der Waals surface area (Å²) in [5.41, 5.74) is 0.336. The summed E-state index contributed by atoms with van der Waals surface area (Å²) in [6.45, 7) is 0. The first-order valence-electron chi connectivity index (χ1n) is 4.40. The van der Waals surface area contributed by atoms with Crippen molar-refractivity contribution in [2.75, 3.05) is 7.11 Å². The zero-order valence-corrected chi connectivity index (χ0v) is 6.73. The highest BCUT2D eigenvalue weighted by Crippen LogP contribution is 2.46. The normalized spacial score (nSPS) is 45.9. The average molecular weight is 140 g/mol. The summed E-state index contributed by atoms with van der Waals surface area (Å²) in [4.78, 5) is 0. The molecule has 0 amide bonds. The summed E-state index contributed by atoms with van der Waals surface area (Å²) in [5, 5.41) is 0. The monoisotopic (exact) mass is 140 g/mol. The first-order valence-corrected chi connectivity index (χ1v) is 4.40. The molecule has 1 heteroatoms. The van der Waals surface area contributed by atoms with E-state index in [0.717, 1.165) is 5.92 Å². The van der Waals surface area contributed by atoms with Crippen LogP contribution in [0.1, 0.15) is 38.5 Å². The van der Waals surface area contributed by atoms with E-state index in [-0.39, 0.29) is 0 Å². The number of ether oxygens (including phenoxy) is 1. The minimum absolute atomic E-state index is 0.336. The topological polar surface area (TPSA) is 9.23 Å². The third-order valence-electron chi connectivity index (χ3n) is 3.35. The van der Waals surface area contributed by atoms with Gasteiger partial charge in [0.25, 0.3) is 0 Å². The van der Waals surface area contributed by atoms with Crippen LogP contribution in [-0.4, -0.2) is 12.7 Å². The second-order valence-corrected chi connectivity index (χ2v) is 3.89. The van der Waals surface area contributed by atoms with E-state index in [1.54, 1.807) is 0 Å². The lowest BCUT2D eigenvalue weighted by atomic mass is 9.86. The van der Waals surface area contributed by atoms with Crippen molar-refractivity contribution in [3.8, 4) is 0 Å². The van der Waals surface area contributed by atoms with E-state index in [0.29, 0.717) is 5.60 Å². The van der Waals surface area contributed by atoms with Crippen molar-refractivity contribution >= 4 is 0 Å². The highest BCUT2D eigenvalue weighted by Gasteiger charge is 2.41. The molecule has 2 aliphatic rings. The van der Waals surface area contributed by atoms with Crippen LogP contribution in [0.4, 0.5) is 0 Å². The van der Waals surface area contributed by atoms with Gasteiger partial charge in [0.2, 0.25) is 0 Å². The molecule has 2 rings (SSSR count). The Kier molecular flexibility index (Phi) is 1.48. The Balaban J connectivity index is 2.10. The first kappa shape index (κ1) is 6.66. The predicted octanol–water partition coefficient (Wildman–Crippen LogP) is 2.36. The van der Waals surface area contributed by atoms with Gasteiger partial charge >= 0.3 is 0 Å². The molecule has 0 saturated heterocycles. The molecule has 1 nitrogen and oxygen atoms in total. The molecule has 0 heterocycles. The smallest absolute Gasteiger partial charge is 0.0681 e. The molecule has 0 spiro atoms. The largest absolute Gasteiger partial charge is 0.378 e. The van der Waals surface area contributed by atoms with Crippen molar-refractivity contribution in [3.05, 3.63) is 0 Å². The lowest BCUT2D eigenvalue weighted by molar-refractivity contribution is -0.0261. The van der Waals surface area contributed by atoms with E-state index in [9.17, 15) is 0 Å². The molecule has 2 fully saturated rings. The molecule has 2 atom stereocenters. The second-order valence-electron chi connectivity index (χ2n) is 3.89. The van der Waals surface area contributed by atoms with Crippen molar-refractivity contribution in [1.82, 2.24) is 0 Å². The molecule has 0 aromatic rings. The molecule has 58 valence electrons. The van der Waals surface area contributed by atoms with Gasteiger partial charge < -0.3 is 4.74 Å². The van der Waals surface area contributed by atoms with Crippen molar-refractivity contribution in [2.24, 2.45) is 5.92 Å². The van der Waals surface area contributed by atoms with Crippen LogP contribution in [0.5, 0.6) is 0 Å². The van der Waals surface area contributed by atoms with E-state index < -0.39 is 0 Å². The van der Waals surface area contributed by atoms with Crippen molar-refractivity contribution < 1.29 is 4.74 Å². The Morgan fingerprint density at radius 3 is 2.90 bits per heavy atom. The van der Waals surface area contributed by atoms with Crippen LogP contribution < -0.4 is 0 Å². The van der Waals surface area contributed by atoms with E-state index in [1.807, 2.05) is 7.11 Å². The van der Waals surface area contributed by atoms with Gasteiger partial charge in [-0.1, -0.05) is 12.8 Å². The van der Waals surface area contributed by atoms with Crippen LogP contribution >= 0.6 is 0 Å². The Morgan fingerprint density at radius 1 is 1.30 bits per heavy atom. The highest BCUT2D eigenvalue weighted by atomic mass is 16.5. The van der Waals surface area contributed by atoms with Crippen LogP contribution in [0.3, 0.4) is 0 Å². The van der Waals surface area contributed by atoms with Crippen LogP contribution in [0.15, 0.2) is 0 Å². The van der Waals surface area contributed by atoms with E-state index in [4.69, 9.17) is 4.74 Å². The fourth-order valence-corrected chi connectivity index (χ4v) is 2.67. The average Bonchev–Trinajstić information content (AvgIpc) is 2.29. The van der Waals surface area contributed by atoms with Gasteiger partial charge in [0, 0.05) is 7.11 Å². The molecule has 0 N–H and O–H groups in total. The van der Waals surface area contributed by atoms with Gasteiger partial charge in [-0.3, -0.25) is 0 Å². The lowest BCUT2D eigenvalue weighted by Crippen LogP contribution is -2.30. The number of hydrogen-bond acceptors (Lipinski definition) is 1. The summed E-state index contributed by atoms with van der Waals surface area (Å²) in [6, 6.07) is 0. The maximum absolute atomic E-state index is 5.57. The summed E-state index contributed by atoms with van der Waals surface area (Å²) in [6.07, 6.45) is 8.29. The molecule has 2 aliphatic carbocycles. The van der Waals surface area contributed by atoms with Crippen molar-refractivity contribution in [1.29, 1.82) is 0 Å². The molecule has 2 bridgehead atoms. The zero-order chi connectivity index (χ0) is 7.03. The van der Waals surface area contributed by atoms with Gasteiger partial charge in [-0.25, -0.2) is 0 Å². The number of rotatable bonds is 1. The second kappa shape index (κ2) is 2.23. The Morgan fingerprint density at radius 2 is 2.20 bits per heavy atom. The van der Waals surface area contributed by atoms with Gasteiger partial charge in [-0.15, -0.1) is 0 Å². The predicted molar refractivity (Wildman–Crippen MR) is 40.9 cm³/mol. The maximum atomic E-state index is 5.57. The molecule has 0 radical (unpaired) electrons. The summed E-state index contributed by atoms with van der Waals surface area (Å²) in [5.74, 6) is 1.01. The van der Waals surface area contributed by atoms with Crippen molar-refractivity contribution in [2.45, 2.75) is 44.1 Å². The number of hydrogen-bond donors (Lipinski definition) is 0. The molecular weight excluding hydrogens is 124 g/mol. The Labute approximate surface area is 62.8 Å². The summed E-state index contributed by atoms with van der Waals surface area (Å²) in [7, 11) is 1.88. The fourth-order valence-electron chi connectivity index (χ4n) is 2.67. The minimum atomic E-state index is 0.336. The standard InChI is InChI=1S/C9H16O/c1-10-9-5-2-3-8(7-9)4-6-9/h8H,2-7H2,1H3. The van der Waals surface area contributed by atoms with Gasteiger partial charge in [-0.2, -0.15) is 0 Å². The van der Waals surface area contributed by atoms with E-state index >= 15 is 0 Å². The lowest BCUT2D eigenvalue weighted by Gasteiger charge is -2.31. The SMILES string of the molecule is COC12CCCC(CC1)C2. The van der Waals surface area contributed by atoms with Gasteiger partial charge in [-0.05, 0) is 31.6 Å². The quantitative estimate of drug-likeness (QED) is 0.543. The van der Waals surface area contributed by atoms with E-state index in [1.165, 1.54) is 38.5 Å². The molecule has 0 aromatic carbocycles. The van der Waals surface area contributed by atoms with Gasteiger partial charge in [0.05, 0.1) is 5.60 Å². The highest BCUT2D eigenvalue weighted by molar-refractivity contribution is 4.94. The molecule has 2 unspecified atom stereocenters. The molecule has 2 saturated carbocycles. The fraction of sp³-hybridized carbons (Fsp3) is 1.00.